The Hall–Kier alpha value is -1.44. The van der Waals surface area contributed by atoms with Crippen molar-refractivity contribution in [3.8, 4) is 0 Å². The van der Waals surface area contributed by atoms with Crippen molar-refractivity contribution in [1.29, 1.82) is 0 Å². The van der Waals surface area contributed by atoms with Gasteiger partial charge in [-0.1, -0.05) is 11.6 Å². The molecule has 0 aromatic carbocycles. The number of ether oxygens (including phenoxy) is 2. The second kappa shape index (κ2) is 7.21. The van der Waals surface area contributed by atoms with Crippen molar-refractivity contribution < 1.29 is 19.4 Å². The predicted octanol–water partition coefficient (Wildman–Crippen LogP) is 2.12. The molecule has 2 heterocycles. The first kappa shape index (κ1) is 17.4. The summed E-state index contributed by atoms with van der Waals surface area (Å²) in [5.41, 5.74) is 0.108. The lowest BCUT2D eigenvalue weighted by atomic mass is 10.1. The Morgan fingerprint density at radius 1 is 1.42 bits per heavy atom. The van der Waals surface area contributed by atoms with Gasteiger partial charge in [0.15, 0.2) is 17.8 Å². The standard InChI is InChI=1S/C16H22ClN3O4/c1-3-20(10-6-7-24-11(21)8-10)15-12(17)13(16(22)23-2)18-14(19-15)9-4-5-9/h9-11,21H,3-8H2,1-2H3. The number of aliphatic hydroxyl groups is 1. The number of carbonyl (C=O) groups excluding carboxylic acids is 1. The first-order chi connectivity index (χ1) is 11.5. The smallest absolute Gasteiger partial charge is 0.358 e. The van der Waals surface area contributed by atoms with Crippen molar-refractivity contribution >= 4 is 23.4 Å². The average molecular weight is 356 g/mol. The molecule has 2 atom stereocenters. The van der Waals surface area contributed by atoms with Crippen LogP contribution < -0.4 is 4.90 Å². The summed E-state index contributed by atoms with van der Waals surface area (Å²) < 4.78 is 10.0. The van der Waals surface area contributed by atoms with Crippen molar-refractivity contribution in [1.82, 2.24) is 9.97 Å². The van der Waals surface area contributed by atoms with Crippen LogP contribution >= 0.6 is 11.6 Å². The highest BCUT2D eigenvalue weighted by molar-refractivity contribution is 6.35. The summed E-state index contributed by atoms with van der Waals surface area (Å²) in [6.45, 7) is 3.12. The van der Waals surface area contributed by atoms with E-state index in [2.05, 4.69) is 9.97 Å². The molecule has 0 bridgehead atoms. The molecule has 1 saturated heterocycles. The Labute approximate surface area is 145 Å². The largest absolute Gasteiger partial charge is 0.464 e. The van der Waals surface area contributed by atoms with E-state index in [0.717, 1.165) is 19.3 Å². The molecule has 1 saturated carbocycles. The number of aromatic nitrogens is 2. The van der Waals surface area contributed by atoms with Crippen molar-refractivity contribution in [2.24, 2.45) is 0 Å². The number of hydrogen-bond acceptors (Lipinski definition) is 7. The maximum atomic E-state index is 12.0. The van der Waals surface area contributed by atoms with Crippen LogP contribution in [0.4, 0.5) is 5.82 Å². The number of rotatable bonds is 5. The molecule has 0 radical (unpaired) electrons. The third-order valence-corrected chi connectivity index (χ3v) is 4.81. The highest BCUT2D eigenvalue weighted by atomic mass is 35.5. The van der Waals surface area contributed by atoms with Gasteiger partial charge in [-0.2, -0.15) is 0 Å². The summed E-state index contributed by atoms with van der Waals surface area (Å²) in [5, 5.41) is 9.99. The number of aliphatic hydroxyl groups excluding tert-OH is 1. The minimum atomic E-state index is -0.790. The molecule has 2 aliphatic rings. The first-order valence-electron chi connectivity index (χ1n) is 8.27. The Morgan fingerprint density at radius 3 is 2.75 bits per heavy atom. The molecular formula is C16H22ClN3O4. The molecule has 132 valence electrons. The molecule has 0 spiro atoms. The van der Waals surface area contributed by atoms with Gasteiger partial charge in [0, 0.05) is 24.9 Å². The number of methoxy groups -OCH3 is 1. The Kier molecular flexibility index (Phi) is 5.22. The number of halogens is 1. The van der Waals surface area contributed by atoms with Gasteiger partial charge in [-0.05, 0) is 26.2 Å². The van der Waals surface area contributed by atoms with Crippen molar-refractivity contribution in [3.63, 3.8) is 0 Å². The quantitative estimate of drug-likeness (QED) is 0.809. The van der Waals surface area contributed by atoms with Gasteiger partial charge in [0.05, 0.1) is 13.7 Å². The van der Waals surface area contributed by atoms with E-state index in [9.17, 15) is 9.90 Å². The molecule has 2 unspecified atom stereocenters. The number of hydrogen-bond donors (Lipinski definition) is 1. The zero-order valence-corrected chi connectivity index (χ0v) is 14.6. The van der Waals surface area contributed by atoms with Crippen LogP contribution in [0.3, 0.4) is 0 Å². The van der Waals surface area contributed by atoms with Gasteiger partial charge < -0.3 is 19.5 Å². The van der Waals surface area contributed by atoms with Gasteiger partial charge in [-0.25, -0.2) is 14.8 Å². The second-order valence-corrected chi connectivity index (χ2v) is 6.50. The van der Waals surface area contributed by atoms with Crippen LogP contribution in [0, 0.1) is 0 Å². The van der Waals surface area contributed by atoms with Gasteiger partial charge in [0.2, 0.25) is 0 Å². The SMILES string of the molecule is CCN(c1nc(C2CC2)nc(C(=O)OC)c1Cl)C1CCOC(O)C1. The highest BCUT2D eigenvalue weighted by Crippen LogP contribution is 2.41. The number of carbonyl (C=O) groups is 1. The molecule has 3 rings (SSSR count). The second-order valence-electron chi connectivity index (χ2n) is 6.12. The maximum Gasteiger partial charge on any atom is 0.358 e. The Balaban J connectivity index is 2.00. The molecule has 1 aliphatic heterocycles. The molecule has 1 aromatic rings. The van der Waals surface area contributed by atoms with Crippen molar-refractivity contribution in [3.05, 3.63) is 16.5 Å². The fourth-order valence-corrected chi connectivity index (χ4v) is 3.29. The predicted molar refractivity (Wildman–Crippen MR) is 88.4 cm³/mol. The Morgan fingerprint density at radius 2 is 2.17 bits per heavy atom. The maximum absolute atomic E-state index is 12.0. The summed E-state index contributed by atoms with van der Waals surface area (Å²) in [7, 11) is 1.31. The van der Waals surface area contributed by atoms with Crippen molar-refractivity contribution in [2.75, 3.05) is 25.2 Å². The fraction of sp³-hybridized carbons (Fsp3) is 0.688. The summed E-state index contributed by atoms with van der Waals surface area (Å²) in [6.07, 6.45) is 2.48. The fourth-order valence-electron chi connectivity index (χ4n) is 3.02. The van der Waals surface area contributed by atoms with E-state index in [1.165, 1.54) is 7.11 Å². The lowest BCUT2D eigenvalue weighted by Gasteiger charge is -2.36. The van der Waals surface area contributed by atoms with E-state index < -0.39 is 12.3 Å². The Bertz CT molecular complexity index is 624. The zero-order valence-electron chi connectivity index (χ0n) is 13.9. The summed E-state index contributed by atoms with van der Waals surface area (Å²) in [4.78, 5) is 23.0. The molecule has 1 N–H and O–H groups in total. The minimum Gasteiger partial charge on any atom is -0.464 e. The van der Waals surface area contributed by atoms with Crippen LogP contribution in [-0.4, -0.2) is 53.6 Å². The van der Waals surface area contributed by atoms with Crippen LogP contribution in [0.2, 0.25) is 5.02 Å². The number of anilines is 1. The molecule has 1 aliphatic carbocycles. The molecule has 8 heteroatoms. The molecule has 0 amide bonds. The lowest BCUT2D eigenvalue weighted by Crippen LogP contribution is -2.43. The zero-order chi connectivity index (χ0) is 17.3. The van der Waals surface area contributed by atoms with Gasteiger partial charge in [-0.15, -0.1) is 0 Å². The van der Waals surface area contributed by atoms with E-state index >= 15 is 0 Å². The van der Waals surface area contributed by atoms with Gasteiger partial charge in [0.1, 0.15) is 10.8 Å². The van der Waals surface area contributed by atoms with Crippen LogP contribution in [0.1, 0.15) is 54.8 Å². The monoisotopic (exact) mass is 355 g/mol. The summed E-state index contributed by atoms with van der Waals surface area (Å²) in [6, 6.07) is 0.0451. The number of nitrogens with zero attached hydrogens (tertiary/aromatic N) is 3. The third kappa shape index (κ3) is 3.48. The number of esters is 1. The molecule has 7 nitrogen and oxygen atoms in total. The normalized spacial score (nSPS) is 23.8. The van der Waals surface area contributed by atoms with Gasteiger partial charge in [-0.3, -0.25) is 0 Å². The highest BCUT2D eigenvalue weighted by Gasteiger charge is 2.33. The van der Waals surface area contributed by atoms with Crippen LogP contribution in [-0.2, 0) is 9.47 Å². The van der Waals surface area contributed by atoms with E-state index in [4.69, 9.17) is 21.1 Å². The van der Waals surface area contributed by atoms with E-state index in [-0.39, 0.29) is 22.7 Å². The van der Waals surface area contributed by atoms with Crippen LogP contribution in [0.5, 0.6) is 0 Å². The van der Waals surface area contributed by atoms with E-state index in [0.29, 0.717) is 31.2 Å². The third-order valence-electron chi connectivity index (χ3n) is 4.46. The summed E-state index contributed by atoms with van der Waals surface area (Å²) in [5.74, 6) is 0.897. The molecule has 2 fully saturated rings. The van der Waals surface area contributed by atoms with Gasteiger partial charge in [0.25, 0.3) is 0 Å². The van der Waals surface area contributed by atoms with Crippen LogP contribution in [0.25, 0.3) is 0 Å². The van der Waals surface area contributed by atoms with Gasteiger partial charge >= 0.3 is 5.97 Å². The molecule has 1 aromatic heterocycles. The van der Waals surface area contributed by atoms with Crippen LogP contribution in [0.15, 0.2) is 0 Å². The molecular weight excluding hydrogens is 334 g/mol. The topological polar surface area (TPSA) is 84.8 Å². The molecule has 24 heavy (non-hydrogen) atoms. The lowest BCUT2D eigenvalue weighted by molar-refractivity contribution is -0.128. The first-order valence-corrected chi connectivity index (χ1v) is 8.65. The van der Waals surface area contributed by atoms with E-state index in [1.807, 2.05) is 11.8 Å². The van der Waals surface area contributed by atoms with Crippen molar-refractivity contribution in [2.45, 2.75) is 50.9 Å². The minimum absolute atomic E-state index is 0.0451. The summed E-state index contributed by atoms with van der Waals surface area (Å²) >= 11 is 6.45. The van der Waals surface area contributed by atoms with E-state index in [1.54, 1.807) is 0 Å². The average Bonchev–Trinajstić information content (AvgIpc) is 3.41.